The van der Waals surface area contributed by atoms with Crippen LogP contribution >= 0.6 is 0 Å². The molecule has 37 heavy (non-hydrogen) atoms. The zero-order chi connectivity index (χ0) is 28.1. The Balaban J connectivity index is 0.000000446. The molecule has 1 heterocycles. The van der Waals surface area contributed by atoms with Crippen molar-refractivity contribution < 1.29 is 13.5 Å². The van der Waals surface area contributed by atoms with E-state index in [1.54, 1.807) is 24.3 Å². The molecule has 0 radical (unpaired) electrons. The molecule has 1 fully saturated rings. The molecular formula is C33H53F2NO. The van der Waals surface area contributed by atoms with Crippen LogP contribution in [-0.2, 0) is 6.11 Å². The molecule has 2 aromatic carbocycles. The first-order valence-electron chi connectivity index (χ1n) is 14.4. The van der Waals surface area contributed by atoms with Crippen LogP contribution in [-0.4, -0.2) is 25.0 Å². The molecule has 0 saturated carbocycles. The Labute approximate surface area is 226 Å². The molecule has 0 N–H and O–H groups in total. The van der Waals surface area contributed by atoms with Crippen LogP contribution in [0.25, 0.3) is 0 Å². The van der Waals surface area contributed by atoms with E-state index < -0.39 is 6.11 Å². The Bertz CT molecular complexity index is 841. The van der Waals surface area contributed by atoms with Crippen LogP contribution in [0.3, 0.4) is 0 Å². The lowest BCUT2D eigenvalue weighted by molar-refractivity contribution is -0.185. The number of halogens is 2. The first-order chi connectivity index (χ1) is 17.5. The minimum absolute atomic E-state index is 0.111. The number of rotatable bonds is 8. The molecule has 3 rings (SSSR count). The lowest BCUT2D eigenvalue weighted by Crippen LogP contribution is -2.29. The Hall–Kier alpha value is -1.94. The summed E-state index contributed by atoms with van der Waals surface area (Å²) in [6.45, 7) is 19.7. The quantitative estimate of drug-likeness (QED) is 0.345. The van der Waals surface area contributed by atoms with Gasteiger partial charge in [-0.05, 0) is 87.0 Å². The molecule has 1 aliphatic heterocycles. The molecule has 0 aromatic heterocycles. The third-order valence-electron chi connectivity index (χ3n) is 7.20. The van der Waals surface area contributed by atoms with Crippen molar-refractivity contribution in [1.29, 1.82) is 0 Å². The van der Waals surface area contributed by atoms with E-state index >= 15 is 0 Å². The van der Waals surface area contributed by atoms with Gasteiger partial charge in [-0.25, -0.2) is 0 Å². The molecule has 2 nitrogen and oxygen atoms in total. The molecule has 0 spiro atoms. The van der Waals surface area contributed by atoms with Gasteiger partial charge < -0.3 is 9.64 Å². The Morgan fingerprint density at radius 3 is 1.78 bits per heavy atom. The second-order valence-electron chi connectivity index (χ2n) is 11.3. The first-order valence-corrected chi connectivity index (χ1v) is 14.4. The minimum atomic E-state index is -3.33. The monoisotopic (exact) mass is 517 g/mol. The maximum atomic E-state index is 14.3. The average Bonchev–Trinajstić information content (AvgIpc) is 2.87. The third kappa shape index (κ3) is 11.5. The second kappa shape index (κ2) is 16.1. The second-order valence-corrected chi connectivity index (χ2v) is 11.3. The normalized spacial score (nSPS) is 14.9. The van der Waals surface area contributed by atoms with Crippen LogP contribution in [0.1, 0.15) is 110 Å². The van der Waals surface area contributed by atoms with E-state index in [1.807, 2.05) is 32.9 Å². The summed E-state index contributed by atoms with van der Waals surface area (Å²) in [4.78, 5) is 2.30. The highest BCUT2D eigenvalue weighted by molar-refractivity contribution is 5.30. The molecule has 0 aliphatic carbocycles. The number of nitrogens with zero attached hydrogens (tertiary/aromatic N) is 1. The molecule has 0 bridgehead atoms. The zero-order valence-electron chi connectivity index (χ0n) is 25.0. The predicted molar refractivity (Wildman–Crippen MR) is 156 cm³/mol. The largest absolute Gasteiger partial charge is 0.429 e. The first kappa shape index (κ1) is 33.1. The fraction of sp³-hybridized carbons (Fsp3) is 0.636. The molecule has 1 saturated heterocycles. The fourth-order valence-corrected chi connectivity index (χ4v) is 4.81. The van der Waals surface area contributed by atoms with Gasteiger partial charge in [0.25, 0.3) is 0 Å². The highest BCUT2D eigenvalue weighted by Gasteiger charge is 2.34. The summed E-state index contributed by atoms with van der Waals surface area (Å²) in [5.74, 6) is 1.56. The van der Waals surface area contributed by atoms with E-state index in [0.717, 1.165) is 43.0 Å². The van der Waals surface area contributed by atoms with Crippen LogP contribution in [0.15, 0.2) is 48.5 Å². The predicted octanol–water partition coefficient (Wildman–Crippen LogP) is 10.2. The van der Waals surface area contributed by atoms with Gasteiger partial charge in [0.15, 0.2) is 0 Å². The lowest BCUT2D eigenvalue weighted by Gasteiger charge is -2.30. The van der Waals surface area contributed by atoms with Crippen molar-refractivity contribution in [2.24, 2.45) is 11.3 Å². The maximum absolute atomic E-state index is 14.3. The van der Waals surface area contributed by atoms with E-state index in [-0.39, 0.29) is 11.3 Å². The summed E-state index contributed by atoms with van der Waals surface area (Å²) < 4.78 is 33.6. The highest BCUT2D eigenvalue weighted by Crippen LogP contribution is 2.34. The number of benzene rings is 2. The van der Waals surface area contributed by atoms with E-state index in [2.05, 4.69) is 46.6 Å². The van der Waals surface area contributed by atoms with Gasteiger partial charge in [0.1, 0.15) is 5.75 Å². The van der Waals surface area contributed by atoms with Gasteiger partial charge in [-0.15, -0.1) is 0 Å². The highest BCUT2D eigenvalue weighted by atomic mass is 19.3. The third-order valence-corrected chi connectivity index (χ3v) is 7.20. The number of hydrogen-bond donors (Lipinski definition) is 0. The SMILES string of the molecule is CC.CCCC(CCC)C(C)(C)C.Cc1ccc(OC(F)(F)c2ccc(C3CCN(C)CC3)cc2)cc1. The van der Waals surface area contributed by atoms with Gasteiger partial charge in [0.2, 0.25) is 0 Å². The summed E-state index contributed by atoms with van der Waals surface area (Å²) >= 11 is 0. The number of hydrogen-bond acceptors (Lipinski definition) is 2. The van der Waals surface area contributed by atoms with Crippen LogP contribution in [0.5, 0.6) is 5.75 Å². The zero-order valence-corrected chi connectivity index (χ0v) is 25.0. The van der Waals surface area contributed by atoms with Crippen molar-refractivity contribution in [1.82, 2.24) is 4.90 Å². The Morgan fingerprint density at radius 1 is 0.865 bits per heavy atom. The molecule has 0 amide bonds. The van der Waals surface area contributed by atoms with Gasteiger partial charge in [-0.1, -0.05) is 104 Å². The van der Waals surface area contributed by atoms with E-state index in [1.165, 1.54) is 37.8 Å². The minimum Gasteiger partial charge on any atom is -0.429 e. The van der Waals surface area contributed by atoms with E-state index in [9.17, 15) is 8.78 Å². The molecule has 2 aromatic rings. The van der Waals surface area contributed by atoms with Gasteiger partial charge in [0, 0.05) is 0 Å². The standard InChI is InChI=1S/C20H23F2NO.C11H24.C2H6/c1-15-3-9-19(10-4-15)24-20(21,22)18-7-5-16(6-8-18)17-11-13-23(2)14-12-17;1-6-8-10(9-7-2)11(3,4)5;1-2/h3-10,17H,11-14H2,1-2H3;10H,6-9H2,1-5H3;1-2H3. The van der Waals surface area contributed by atoms with Crippen molar-refractivity contribution in [3.05, 3.63) is 65.2 Å². The number of piperidine rings is 1. The van der Waals surface area contributed by atoms with Gasteiger partial charge in [0.05, 0.1) is 5.56 Å². The number of aryl methyl sites for hydroxylation is 1. The van der Waals surface area contributed by atoms with E-state index in [0.29, 0.717) is 11.3 Å². The van der Waals surface area contributed by atoms with Crippen LogP contribution < -0.4 is 4.74 Å². The van der Waals surface area contributed by atoms with Crippen molar-refractivity contribution in [3.63, 3.8) is 0 Å². The van der Waals surface area contributed by atoms with Crippen LogP contribution in [0.4, 0.5) is 8.78 Å². The Morgan fingerprint density at radius 2 is 1.35 bits per heavy atom. The average molecular weight is 518 g/mol. The van der Waals surface area contributed by atoms with Crippen molar-refractivity contribution in [2.75, 3.05) is 20.1 Å². The molecule has 0 atom stereocenters. The molecule has 210 valence electrons. The van der Waals surface area contributed by atoms with Crippen molar-refractivity contribution in [3.8, 4) is 5.75 Å². The smallest absolute Gasteiger partial charge is 0.426 e. The summed E-state index contributed by atoms with van der Waals surface area (Å²) in [6.07, 6.45) is 4.29. The van der Waals surface area contributed by atoms with Crippen molar-refractivity contribution in [2.45, 2.75) is 106 Å². The summed E-state index contributed by atoms with van der Waals surface area (Å²) in [6, 6.07) is 13.3. The lowest BCUT2D eigenvalue weighted by atomic mass is 9.76. The summed E-state index contributed by atoms with van der Waals surface area (Å²) in [5.41, 5.74) is 2.55. The fourth-order valence-electron chi connectivity index (χ4n) is 4.81. The number of likely N-dealkylation sites (tertiary alicyclic amines) is 1. The van der Waals surface area contributed by atoms with Gasteiger partial charge >= 0.3 is 6.11 Å². The van der Waals surface area contributed by atoms with Gasteiger partial charge in [-0.2, -0.15) is 8.78 Å². The number of alkyl halides is 2. The van der Waals surface area contributed by atoms with Crippen LogP contribution in [0, 0.1) is 18.3 Å². The maximum Gasteiger partial charge on any atom is 0.426 e. The topological polar surface area (TPSA) is 12.5 Å². The number of ether oxygens (including phenoxy) is 1. The summed E-state index contributed by atoms with van der Waals surface area (Å²) in [5, 5.41) is 0. The van der Waals surface area contributed by atoms with Crippen LogP contribution in [0.2, 0.25) is 0 Å². The van der Waals surface area contributed by atoms with Crippen molar-refractivity contribution >= 4 is 0 Å². The molecular weight excluding hydrogens is 464 g/mol. The van der Waals surface area contributed by atoms with Gasteiger partial charge in [-0.3, -0.25) is 0 Å². The molecule has 1 aliphatic rings. The Kier molecular flexibility index (Phi) is 14.4. The van der Waals surface area contributed by atoms with E-state index in [4.69, 9.17) is 4.74 Å². The molecule has 0 unspecified atom stereocenters. The molecule has 4 heteroatoms. The summed E-state index contributed by atoms with van der Waals surface area (Å²) in [7, 11) is 2.11.